The normalized spacial score (nSPS) is 12.9. The first-order valence-corrected chi connectivity index (χ1v) is 7.06. The molecule has 0 saturated carbocycles. The lowest BCUT2D eigenvalue weighted by atomic mass is 10.0. The first-order chi connectivity index (χ1) is 9.69. The summed E-state index contributed by atoms with van der Waals surface area (Å²) in [5, 5.41) is 9.99. The number of carbonyl (C=O) groups excluding carboxylic acids is 1. The summed E-state index contributed by atoms with van der Waals surface area (Å²) in [7, 11) is 1.67. The van der Waals surface area contributed by atoms with Crippen LogP contribution in [0.4, 0.5) is 9.18 Å². The molecule has 0 unspecified atom stereocenters. The summed E-state index contributed by atoms with van der Waals surface area (Å²) in [6.07, 6.45) is 0.101. The van der Waals surface area contributed by atoms with Crippen LogP contribution in [-0.2, 0) is 4.74 Å². The molecule has 0 spiro atoms. The van der Waals surface area contributed by atoms with E-state index in [2.05, 4.69) is 0 Å². The number of carbonyl (C=O) groups is 1. The largest absolute Gasteiger partial charge is 0.444 e. The summed E-state index contributed by atoms with van der Waals surface area (Å²) in [6, 6.07) is 5.78. The van der Waals surface area contributed by atoms with Gasteiger partial charge in [0.2, 0.25) is 0 Å². The molecule has 0 radical (unpaired) electrons. The highest BCUT2D eigenvalue weighted by molar-refractivity contribution is 5.67. The maximum atomic E-state index is 12.8. The van der Waals surface area contributed by atoms with Gasteiger partial charge < -0.3 is 14.7 Å². The topological polar surface area (TPSA) is 49.8 Å². The fraction of sp³-hybridized carbons (Fsp3) is 0.562. The SMILES string of the molecule is CN(CCC[C@H](O)c1ccc(F)cc1)C(=O)OC(C)(C)C. The van der Waals surface area contributed by atoms with E-state index < -0.39 is 11.7 Å². The van der Waals surface area contributed by atoms with Gasteiger partial charge in [-0.1, -0.05) is 12.1 Å². The van der Waals surface area contributed by atoms with Gasteiger partial charge >= 0.3 is 6.09 Å². The monoisotopic (exact) mass is 297 g/mol. The second-order valence-corrected chi connectivity index (χ2v) is 6.11. The molecule has 5 heteroatoms. The Hall–Kier alpha value is -1.62. The minimum absolute atomic E-state index is 0.324. The first kappa shape index (κ1) is 17.4. The maximum absolute atomic E-state index is 12.8. The number of nitrogens with zero attached hydrogens (tertiary/aromatic N) is 1. The molecular formula is C16H24FNO3. The van der Waals surface area contributed by atoms with E-state index in [-0.39, 0.29) is 11.9 Å². The van der Waals surface area contributed by atoms with Gasteiger partial charge in [-0.25, -0.2) is 9.18 Å². The quantitative estimate of drug-likeness (QED) is 0.905. The van der Waals surface area contributed by atoms with Crippen molar-refractivity contribution in [1.29, 1.82) is 0 Å². The Morgan fingerprint density at radius 1 is 1.33 bits per heavy atom. The number of rotatable bonds is 5. The van der Waals surface area contributed by atoms with Gasteiger partial charge in [0.05, 0.1) is 6.10 Å². The number of halogens is 1. The summed E-state index contributed by atoms with van der Waals surface area (Å²) < 4.78 is 18.0. The number of benzene rings is 1. The van der Waals surface area contributed by atoms with Gasteiger partial charge in [0.25, 0.3) is 0 Å². The van der Waals surface area contributed by atoms with Gasteiger partial charge in [-0.2, -0.15) is 0 Å². The van der Waals surface area contributed by atoms with E-state index in [1.807, 2.05) is 20.8 Å². The van der Waals surface area contributed by atoms with E-state index in [0.717, 1.165) is 0 Å². The predicted octanol–water partition coefficient (Wildman–Crippen LogP) is 3.51. The van der Waals surface area contributed by atoms with E-state index in [9.17, 15) is 14.3 Å². The number of aliphatic hydroxyl groups is 1. The van der Waals surface area contributed by atoms with Crippen molar-refractivity contribution in [2.75, 3.05) is 13.6 Å². The molecule has 4 nitrogen and oxygen atoms in total. The lowest BCUT2D eigenvalue weighted by molar-refractivity contribution is 0.0289. The van der Waals surface area contributed by atoms with Gasteiger partial charge in [0.15, 0.2) is 0 Å². The van der Waals surface area contributed by atoms with Gasteiger partial charge in [-0.05, 0) is 51.3 Å². The highest BCUT2D eigenvalue weighted by Crippen LogP contribution is 2.19. The Balaban J connectivity index is 2.35. The van der Waals surface area contributed by atoms with Crippen LogP contribution in [0, 0.1) is 5.82 Å². The van der Waals surface area contributed by atoms with Crippen LogP contribution in [0.25, 0.3) is 0 Å². The zero-order valence-corrected chi connectivity index (χ0v) is 13.1. The van der Waals surface area contributed by atoms with Crippen LogP contribution in [0.1, 0.15) is 45.3 Å². The van der Waals surface area contributed by atoms with Gasteiger partial charge in [-0.15, -0.1) is 0 Å². The second kappa shape index (κ2) is 7.41. The van der Waals surface area contributed by atoms with Crippen LogP contribution >= 0.6 is 0 Å². The molecule has 0 saturated heterocycles. The smallest absolute Gasteiger partial charge is 0.410 e. The van der Waals surface area contributed by atoms with Crippen LogP contribution in [0.3, 0.4) is 0 Å². The Bertz CT molecular complexity index is 454. The fourth-order valence-corrected chi connectivity index (χ4v) is 1.80. The Kier molecular flexibility index (Phi) is 6.15. The zero-order valence-electron chi connectivity index (χ0n) is 13.1. The molecule has 1 atom stereocenters. The number of amides is 1. The van der Waals surface area contributed by atoms with Gasteiger partial charge in [-0.3, -0.25) is 0 Å². The van der Waals surface area contributed by atoms with Crippen molar-refractivity contribution in [3.8, 4) is 0 Å². The second-order valence-electron chi connectivity index (χ2n) is 6.11. The third-order valence-corrected chi connectivity index (χ3v) is 2.93. The van der Waals surface area contributed by atoms with Crippen LogP contribution < -0.4 is 0 Å². The molecule has 21 heavy (non-hydrogen) atoms. The summed E-state index contributed by atoms with van der Waals surface area (Å²) >= 11 is 0. The number of ether oxygens (including phenoxy) is 1. The standard InChI is InChI=1S/C16H24FNO3/c1-16(2,3)21-15(20)18(4)11-5-6-14(19)12-7-9-13(17)10-8-12/h7-10,14,19H,5-6,11H2,1-4H3/t14-/m0/s1. The van der Waals surface area contributed by atoms with Crippen molar-refractivity contribution in [3.05, 3.63) is 35.6 Å². The molecule has 0 heterocycles. The minimum atomic E-state index is -0.655. The van der Waals surface area contributed by atoms with Crippen molar-refractivity contribution >= 4 is 6.09 Å². The van der Waals surface area contributed by atoms with Crippen LogP contribution in [0.5, 0.6) is 0 Å². The molecule has 1 aromatic rings. The molecule has 0 fully saturated rings. The average Bonchev–Trinajstić information content (AvgIpc) is 2.37. The Morgan fingerprint density at radius 3 is 2.43 bits per heavy atom. The molecule has 0 aliphatic heterocycles. The molecule has 118 valence electrons. The Labute approximate surface area is 125 Å². The number of hydrogen-bond donors (Lipinski definition) is 1. The lowest BCUT2D eigenvalue weighted by Crippen LogP contribution is -2.34. The van der Waals surface area contributed by atoms with Crippen molar-refractivity contribution in [2.45, 2.75) is 45.3 Å². The van der Waals surface area contributed by atoms with Gasteiger partial charge in [0, 0.05) is 13.6 Å². The average molecular weight is 297 g/mol. The predicted molar refractivity (Wildman–Crippen MR) is 79.5 cm³/mol. The molecule has 1 amide bonds. The number of hydrogen-bond acceptors (Lipinski definition) is 3. The van der Waals surface area contributed by atoms with Crippen molar-refractivity contribution in [3.63, 3.8) is 0 Å². The Morgan fingerprint density at radius 2 is 1.90 bits per heavy atom. The van der Waals surface area contributed by atoms with Gasteiger partial charge in [0.1, 0.15) is 11.4 Å². The lowest BCUT2D eigenvalue weighted by Gasteiger charge is -2.24. The molecule has 0 aromatic heterocycles. The minimum Gasteiger partial charge on any atom is -0.444 e. The van der Waals surface area contributed by atoms with E-state index in [0.29, 0.717) is 24.9 Å². The third kappa shape index (κ3) is 6.58. The number of aliphatic hydroxyl groups excluding tert-OH is 1. The van der Waals surface area contributed by atoms with Crippen LogP contribution in [-0.4, -0.2) is 35.3 Å². The first-order valence-electron chi connectivity index (χ1n) is 7.06. The van der Waals surface area contributed by atoms with E-state index in [1.165, 1.54) is 17.0 Å². The molecule has 1 rings (SSSR count). The fourth-order valence-electron chi connectivity index (χ4n) is 1.80. The van der Waals surface area contributed by atoms with Crippen LogP contribution in [0.15, 0.2) is 24.3 Å². The summed E-state index contributed by atoms with van der Waals surface area (Å²) in [5.74, 6) is -0.324. The van der Waals surface area contributed by atoms with E-state index in [4.69, 9.17) is 4.74 Å². The molecule has 0 aliphatic rings. The highest BCUT2D eigenvalue weighted by atomic mass is 19.1. The van der Waals surface area contributed by atoms with Crippen LogP contribution in [0.2, 0.25) is 0 Å². The summed E-state index contributed by atoms with van der Waals surface area (Å²) in [5.41, 5.74) is 0.162. The maximum Gasteiger partial charge on any atom is 0.410 e. The third-order valence-electron chi connectivity index (χ3n) is 2.93. The molecular weight excluding hydrogens is 273 g/mol. The highest BCUT2D eigenvalue weighted by Gasteiger charge is 2.19. The van der Waals surface area contributed by atoms with Crippen molar-refractivity contribution < 1.29 is 19.0 Å². The van der Waals surface area contributed by atoms with E-state index >= 15 is 0 Å². The molecule has 0 bridgehead atoms. The summed E-state index contributed by atoms with van der Waals surface area (Å²) in [6.45, 7) is 5.94. The molecule has 1 aromatic carbocycles. The van der Waals surface area contributed by atoms with E-state index in [1.54, 1.807) is 19.2 Å². The van der Waals surface area contributed by atoms with Crippen molar-refractivity contribution in [2.24, 2.45) is 0 Å². The molecule has 1 N–H and O–H groups in total. The zero-order chi connectivity index (χ0) is 16.0. The summed E-state index contributed by atoms with van der Waals surface area (Å²) in [4.78, 5) is 13.2. The van der Waals surface area contributed by atoms with Crippen molar-refractivity contribution in [1.82, 2.24) is 4.90 Å². The molecule has 0 aliphatic carbocycles.